The first-order chi connectivity index (χ1) is 12.7. The lowest BCUT2D eigenvalue weighted by molar-refractivity contribution is 0.0697. The molecular weight excluding hydrogens is 339 g/mol. The molecule has 2 nitrogen and oxygen atoms in total. The Kier molecular flexibility index (Phi) is 4.51. The molecule has 0 fully saturated rings. The Balaban J connectivity index is 1.86. The zero-order valence-electron chi connectivity index (χ0n) is 14.0. The van der Waals surface area contributed by atoms with E-state index in [-0.39, 0.29) is 0 Å². The van der Waals surface area contributed by atoms with Gasteiger partial charge in [0.2, 0.25) is 0 Å². The third kappa shape index (κ3) is 3.24. The van der Waals surface area contributed by atoms with Crippen LogP contribution in [0.5, 0.6) is 0 Å². The summed E-state index contributed by atoms with van der Waals surface area (Å²) in [6.07, 6.45) is 0. The van der Waals surface area contributed by atoms with Gasteiger partial charge in [-0.2, -0.15) is 0 Å². The molecule has 0 saturated carbocycles. The number of carboxylic acid groups (broad SMARTS) is 1. The third-order valence-corrected chi connectivity index (χ3v) is 6.78. The van der Waals surface area contributed by atoms with Gasteiger partial charge >= 0.3 is 5.97 Å². The van der Waals surface area contributed by atoms with Crippen molar-refractivity contribution >= 4 is 40.6 Å². The van der Waals surface area contributed by atoms with E-state index >= 15 is 0 Å². The van der Waals surface area contributed by atoms with Gasteiger partial charge in [-0.25, -0.2) is 4.79 Å². The molecule has 1 N–H and O–H groups in total. The lowest BCUT2D eigenvalue weighted by atomic mass is 10.1. The van der Waals surface area contributed by atoms with Crippen LogP contribution in [0.3, 0.4) is 0 Å². The van der Waals surface area contributed by atoms with Crippen molar-refractivity contribution < 1.29 is 9.90 Å². The molecule has 4 aromatic carbocycles. The minimum atomic E-state index is -0.896. The van der Waals surface area contributed by atoms with Crippen molar-refractivity contribution in [3.05, 3.63) is 103 Å². The first-order valence-corrected chi connectivity index (χ1v) is 9.74. The van der Waals surface area contributed by atoms with E-state index in [2.05, 4.69) is 60.7 Å². The predicted molar refractivity (Wildman–Crippen MR) is 110 cm³/mol. The molecule has 0 heterocycles. The number of rotatable bonds is 4. The highest BCUT2D eigenvalue weighted by atomic mass is 31.1. The Morgan fingerprint density at radius 1 is 0.615 bits per heavy atom. The van der Waals surface area contributed by atoms with E-state index in [1.54, 1.807) is 12.1 Å². The van der Waals surface area contributed by atoms with E-state index < -0.39 is 13.9 Å². The monoisotopic (exact) mass is 356 g/mol. The number of hydrogen-bond donors (Lipinski definition) is 1. The van der Waals surface area contributed by atoms with Crippen LogP contribution in [-0.4, -0.2) is 11.1 Å². The average molecular weight is 356 g/mol. The number of carboxylic acids is 1. The molecule has 0 aliphatic carbocycles. The Bertz CT molecular complexity index is 1020. The summed E-state index contributed by atoms with van der Waals surface area (Å²) in [5.74, 6) is -0.896. The highest BCUT2D eigenvalue weighted by Gasteiger charge is 2.16. The molecule has 4 aromatic rings. The van der Waals surface area contributed by atoms with E-state index in [1.165, 1.54) is 15.9 Å². The quantitative estimate of drug-likeness (QED) is 0.554. The largest absolute Gasteiger partial charge is 0.478 e. The maximum Gasteiger partial charge on any atom is 0.335 e. The summed E-state index contributed by atoms with van der Waals surface area (Å²) in [5, 5.41) is 15.1. The average Bonchev–Trinajstić information content (AvgIpc) is 2.69. The van der Waals surface area contributed by atoms with Crippen LogP contribution in [0.15, 0.2) is 97.1 Å². The lowest BCUT2D eigenvalue weighted by Gasteiger charge is -2.19. The lowest BCUT2D eigenvalue weighted by Crippen LogP contribution is -2.20. The summed E-state index contributed by atoms with van der Waals surface area (Å²) in [6, 6.07) is 32.7. The fraction of sp³-hybridized carbons (Fsp3) is 0. The molecule has 0 radical (unpaired) electrons. The van der Waals surface area contributed by atoms with Crippen LogP contribution in [0.1, 0.15) is 10.4 Å². The predicted octanol–water partition coefficient (Wildman–Crippen LogP) is 4.30. The zero-order chi connectivity index (χ0) is 17.9. The normalized spacial score (nSPS) is 11.0. The fourth-order valence-electron chi connectivity index (χ4n) is 3.11. The smallest absolute Gasteiger partial charge is 0.335 e. The van der Waals surface area contributed by atoms with Crippen molar-refractivity contribution in [1.29, 1.82) is 0 Å². The Hall–Kier alpha value is -2.96. The molecule has 0 aliphatic rings. The standard InChI is InChI=1S/C23H17O2P/c24-23(25)19-12-11-18-16-22(14-13-17(18)15-19)26(20-7-3-1-4-8-20)21-9-5-2-6-10-21/h1-16H,(H,24,25). The molecule has 3 heteroatoms. The Morgan fingerprint density at radius 2 is 1.15 bits per heavy atom. The van der Waals surface area contributed by atoms with Crippen LogP contribution < -0.4 is 15.9 Å². The molecule has 0 amide bonds. The van der Waals surface area contributed by atoms with E-state index in [0.29, 0.717) is 5.56 Å². The van der Waals surface area contributed by atoms with Crippen LogP contribution in [-0.2, 0) is 0 Å². The van der Waals surface area contributed by atoms with Gasteiger partial charge in [-0.3, -0.25) is 0 Å². The molecule has 4 rings (SSSR count). The second-order valence-corrected chi connectivity index (χ2v) is 8.28. The van der Waals surface area contributed by atoms with Crippen molar-refractivity contribution in [2.24, 2.45) is 0 Å². The molecule has 0 spiro atoms. The molecule has 0 atom stereocenters. The van der Waals surface area contributed by atoms with Crippen molar-refractivity contribution in [2.75, 3.05) is 0 Å². The summed E-state index contributed by atoms with van der Waals surface area (Å²) in [6.45, 7) is 0. The van der Waals surface area contributed by atoms with Crippen LogP contribution in [0, 0.1) is 0 Å². The van der Waals surface area contributed by atoms with Crippen LogP contribution in [0.2, 0.25) is 0 Å². The van der Waals surface area contributed by atoms with Crippen LogP contribution in [0.4, 0.5) is 0 Å². The zero-order valence-corrected chi connectivity index (χ0v) is 14.9. The summed E-state index contributed by atoms with van der Waals surface area (Å²) in [7, 11) is -0.656. The molecule has 0 aromatic heterocycles. The topological polar surface area (TPSA) is 37.3 Å². The minimum absolute atomic E-state index is 0.318. The highest BCUT2D eigenvalue weighted by Crippen LogP contribution is 2.33. The number of fused-ring (bicyclic) bond motifs is 1. The van der Waals surface area contributed by atoms with Gasteiger partial charge in [0.15, 0.2) is 0 Å². The molecule has 26 heavy (non-hydrogen) atoms. The molecular formula is C23H17O2P. The first kappa shape index (κ1) is 16.5. The van der Waals surface area contributed by atoms with Crippen molar-refractivity contribution in [3.8, 4) is 0 Å². The number of hydrogen-bond acceptors (Lipinski definition) is 1. The molecule has 0 bridgehead atoms. The van der Waals surface area contributed by atoms with E-state index in [1.807, 2.05) is 24.3 Å². The van der Waals surface area contributed by atoms with Gasteiger partial charge < -0.3 is 5.11 Å². The first-order valence-electron chi connectivity index (χ1n) is 8.40. The minimum Gasteiger partial charge on any atom is -0.478 e. The highest BCUT2D eigenvalue weighted by molar-refractivity contribution is 7.79. The van der Waals surface area contributed by atoms with Gasteiger partial charge in [0.05, 0.1) is 5.56 Å². The maximum absolute atomic E-state index is 11.2. The number of aromatic carboxylic acids is 1. The SMILES string of the molecule is O=C(O)c1ccc2cc(P(c3ccccc3)c3ccccc3)ccc2c1. The molecule has 0 unspecified atom stereocenters. The second kappa shape index (κ2) is 7.11. The van der Waals surface area contributed by atoms with Gasteiger partial charge in [-0.15, -0.1) is 0 Å². The summed E-state index contributed by atoms with van der Waals surface area (Å²) >= 11 is 0. The van der Waals surface area contributed by atoms with Gasteiger partial charge in [-0.1, -0.05) is 78.9 Å². The molecule has 0 aliphatic heterocycles. The summed E-state index contributed by atoms with van der Waals surface area (Å²) in [4.78, 5) is 11.2. The van der Waals surface area contributed by atoms with Crippen molar-refractivity contribution in [3.63, 3.8) is 0 Å². The van der Waals surface area contributed by atoms with Gasteiger partial charge in [0, 0.05) is 0 Å². The van der Waals surface area contributed by atoms with Crippen LogP contribution in [0.25, 0.3) is 10.8 Å². The van der Waals surface area contributed by atoms with Crippen LogP contribution >= 0.6 is 7.92 Å². The third-order valence-electron chi connectivity index (χ3n) is 4.36. The van der Waals surface area contributed by atoms with Gasteiger partial charge in [-0.05, 0) is 52.8 Å². The number of carbonyl (C=O) groups is 1. The molecule has 126 valence electrons. The van der Waals surface area contributed by atoms with E-state index in [0.717, 1.165) is 10.8 Å². The van der Waals surface area contributed by atoms with Crippen molar-refractivity contribution in [2.45, 2.75) is 0 Å². The number of benzene rings is 4. The molecule has 0 saturated heterocycles. The Labute approximate surface area is 153 Å². The fourth-order valence-corrected chi connectivity index (χ4v) is 5.43. The second-order valence-electron chi connectivity index (χ2n) is 6.06. The van der Waals surface area contributed by atoms with E-state index in [9.17, 15) is 9.90 Å². The Morgan fingerprint density at radius 3 is 1.73 bits per heavy atom. The maximum atomic E-state index is 11.2. The summed E-state index contributed by atoms with van der Waals surface area (Å²) < 4.78 is 0. The van der Waals surface area contributed by atoms with Gasteiger partial charge in [0.25, 0.3) is 0 Å². The van der Waals surface area contributed by atoms with E-state index in [4.69, 9.17) is 0 Å². The van der Waals surface area contributed by atoms with Crippen molar-refractivity contribution in [1.82, 2.24) is 0 Å². The summed E-state index contributed by atoms with van der Waals surface area (Å²) in [5.41, 5.74) is 0.318. The van der Waals surface area contributed by atoms with Gasteiger partial charge in [0.1, 0.15) is 0 Å².